The van der Waals surface area contributed by atoms with Crippen LogP contribution in [-0.2, 0) is 4.79 Å². The van der Waals surface area contributed by atoms with Crippen LogP contribution >= 0.6 is 0 Å². The summed E-state index contributed by atoms with van der Waals surface area (Å²) in [5, 5.41) is 5.54. The van der Waals surface area contributed by atoms with Crippen LogP contribution in [0.2, 0.25) is 0 Å². The van der Waals surface area contributed by atoms with E-state index in [1.807, 2.05) is 0 Å². The first kappa shape index (κ1) is 16.4. The van der Waals surface area contributed by atoms with Crippen LogP contribution in [0.25, 0.3) is 0 Å². The van der Waals surface area contributed by atoms with Crippen LogP contribution in [0.4, 0.5) is 5.82 Å². The summed E-state index contributed by atoms with van der Waals surface area (Å²) in [4.78, 5) is 32.5. The van der Waals surface area contributed by atoms with Crippen LogP contribution < -0.4 is 16.4 Å². The van der Waals surface area contributed by atoms with E-state index in [1.165, 1.54) is 12.6 Å². The van der Waals surface area contributed by atoms with Gasteiger partial charge in [-0.3, -0.25) is 9.59 Å². The molecular weight excluding hydrogens is 282 g/mol. The summed E-state index contributed by atoms with van der Waals surface area (Å²) in [6.45, 7) is 3.32. The van der Waals surface area contributed by atoms with Crippen molar-refractivity contribution in [3.05, 3.63) is 17.6 Å². The topological polar surface area (TPSA) is 110 Å². The van der Waals surface area contributed by atoms with E-state index in [9.17, 15) is 9.59 Å². The molecule has 7 nitrogen and oxygen atoms in total. The molecule has 7 heteroatoms. The molecule has 4 N–H and O–H groups in total. The molecular formula is C15H23N5O2. The molecule has 1 unspecified atom stereocenters. The lowest BCUT2D eigenvalue weighted by Crippen LogP contribution is -2.38. The predicted molar refractivity (Wildman–Crippen MR) is 83.4 cm³/mol. The average molecular weight is 305 g/mol. The van der Waals surface area contributed by atoms with Crippen LogP contribution in [0.5, 0.6) is 0 Å². The second-order valence-electron chi connectivity index (χ2n) is 5.79. The minimum Gasteiger partial charge on any atom is -0.348 e. The van der Waals surface area contributed by atoms with Crippen molar-refractivity contribution < 1.29 is 9.59 Å². The van der Waals surface area contributed by atoms with Crippen molar-refractivity contribution in [2.45, 2.75) is 58.0 Å². The second-order valence-corrected chi connectivity index (χ2v) is 5.79. The zero-order valence-corrected chi connectivity index (χ0v) is 13.1. The maximum atomic E-state index is 12.4. The molecule has 1 aliphatic rings. The zero-order valence-electron chi connectivity index (χ0n) is 13.1. The molecule has 1 aromatic rings. The molecule has 0 aliphatic heterocycles. The summed E-state index contributed by atoms with van der Waals surface area (Å²) < 4.78 is 0. The Morgan fingerprint density at radius 1 is 1.32 bits per heavy atom. The Bertz CT molecular complexity index is 553. The highest BCUT2D eigenvalue weighted by Crippen LogP contribution is 2.18. The van der Waals surface area contributed by atoms with Gasteiger partial charge in [-0.15, -0.1) is 0 Å². The van der Waals surface area contributed by atoms with Gasteiger partial charge in [-0.05, 0) is 26.7 Å². The minimum absolute atomic E-state index is 0.130. The van der Waals surface area contributed by atoms with E-state index >= 15 is 0 Å². The van der Waals surface area contributed by atoms with Crippen molar-refractivity contribution in [2.75, 3.05) is 5.32 Å². The van der Waals surface area contributed by atoms with Gasteiger partial charge < -0.3 is 16.4 Å². The molecule has 1 fully saturated rings. The first-order chi connectivity index (χ1) is 10.5. The highest BCUT2D eigenvalue weighted by atomic mass is 16.2. The van der Waals surface area contributed by atoms with Gasteiger partial charge in [0, 0.05) is 12.2 Å². The number of rotatable bonds is 4. The number of nitrogens with one attached hydrogen (secondary N) is 2. The summed E-state index contributed by atoms with van der Waals surface area (Å²) in [5.74, 6) is -0.540. The van der Waals surface area contributed by atoms with Gasteiger partial charge in [0.2, 0.25) is 5.91 Å². The molecule has 1 saturated carbocycles. The smallest absolute Gasteiger partial charge is 0.273 e. The molecule has 1 heterocycles. The molecule has 2 amide bonds. The van der Waals surface area contributed by atoms with Gasteiger partial charge in [0.1, 0.15) is 0 Å². The number of hydrogen-bond donors (Lipinski definition) is 3. The van der Waals surface area contributed by atoms with Gasteiger partial charge >= 0.3 is 0 Å². The third kappa shape index (κ3) is 4.24. The van der Waals surface area contributed by atoms with Crippen LogP contribution in [0.3, 0.4) is 0 Å². The van der Waals surface area contributed by atoms with E-state index < -0.39 is 11.9 Å². The lowest BCUT2D eigenvalue weighted by atomic mass is 9.95. The molecule has 1 aromatic heterocycles. The maximum absolute atomic E-state index is 12.4. The summed E-state index contributed by atoms with van der Waals surface area (Å²) in [6, 6.07) is -0.516. The van der Waals surface area contributed by atoms with Gasteiger partial charge in [-0.25, -0.2) is 9.97 Å². The Balaban J connectivity index is 2.14. The highest BCUT2D eigenvalue weighted by Gasteiger charge is 2.22. The SMILES string of the molecule is Cc1cnc(C(=O)NC2CCCCC2)c(NC(=O)C(C)N)n1. The van der Waals surface area contributed by atoms with Crippen molar-refractivity contribution in [3.63, 3.8) is 0 Å². The van der Waals surface area contributed by atoms with Crippen LogP contribution in [-0.4, -0.2) is 33.9 Å². The van der Waals surface area contributed by atoms with E-state index in [1.54, 1.807) is 13.8 Å². The van der Waals surface area contributed by atoms with E-state index in [4.69, 9.17) is 5.73 Å². The van der Waals surface area contributed by atoms with Crippen molar-refractivity contribution >= 4 is 17.6 Å². The fourth-order valence-corrected chi connectivity index (χ4v) is 2.46. The van der Waals surface area contributed by atoms with Crippen molar-refractivity contribution in [3.8, 4) is 0 Å². The molecule has 0 saturated heterocycles. The number of carbonyl (C=O) groups is 2. The number of nitrogens with zero attached hydrogens (tertiary/aromatic N) is 2. The largest absolute Gasteiger partial charge is 0.348 e. The Kier molecular flexibility index (Phi) is 5.43. The fourth-order valence-electron chi connectivity index (χ4n) is 2.46. The molecule has 1 atom stereocenters. The number of anilines is 1. The summed E-state index contributed by atoms with van der Waals surface area (Å²) in [6.07, 6.45) is 6.93. The Morgan fingerprint density at radius 3 is 2.64 bits per heavy atom. The molecule has 22 heavy (non-hydrogen) atoms. The van der Waals surface area contributed by atoms with Crippen molar-refractivity contribution in [1.29, 1.82) is 0 Å². The Labute approximate surface area is 130 Å². The lowest BCUT2D eigenvalue weighted by molar-refractivity contribution is -0.117. The van der Waals surface area contributed by atoms with Crippen molar-refractivity contribution in [1.82, 2.24) is 15.3 Å². The predicted octanol–water partition coefficient (Wildman–Crippen LogP) is 1.13. The first-order valence-corrected chi connectivity index (χ1v) is 7.68. The molecule has 0 aromatic carbocycles. The van der Waals surface area contributed by atoms with Gasteiger partial charge in [-0.1, -0.05) is 19.3 Å². The number of amides is 2. The number of hydrogen-bond acceptors (Lipinski definition) is 5. The summed E-state index contributed by atoms with van der Waals surface area (Å²) in [5.41, 5.74) is 6.29. The highest BCUT2D eigenvalue weighted by molar-refractivity contribution is 6.02. The Morgan fingerprint density at radius 2 is 2.00 bits per heavy atom. The number of aromatic nitrogens is 2. The molecule has 120 valence electrons. The second kappa shape index (κ2) is 7.31. The zero-order chi connectivity index (χ0) is 16.1. The van der Waals surface area contributed by atoms with Gasteiger partial charge in [-0.2, -0.15) is 0 Å². The fraction of sp³-hybridized carbons (Fsp3) is 0.600. The normalized spacial score (nSPS) is 16.9. The number of nitrogens with two attached hydrogens (primary N) is 1. The van der Waals surface area contributed by atoms with E-state index in [2.05, 4.69) is 20.6 Å². The first-order valence-electron chi connectivity index (χ1n) is 7.68. The van der Waals surface area contributed by atoms with Crippen LogP contribution in [0.1, 0.15) is 55.2 Å². The third-order valence-corrected chi connectivity index (χ3v) is 3.70. The van der Waals surface area contributed by atoms with Crippen LogP contribution in [0, 0.1) is 6.92 Å². The van der Waals surface area contributed by atoms with E-state index in [0.717, 1.165) is 25.7 Å². The molecule has 0 radical (unpaired) electrons. The van der Waals surface area contributed by atoms with E-state index in [0.29, 0.717) is 5.69 Å². The lowest BCUT2D eigenvalue weighted by Gasteiger charge is -2.23. The average Bonchev–Trinajstić information content (AvgIpc) is 2.48. The summed E-state index contributed by atoms with van der Waals surface area (Å²) >= 11 is 0. The molecule has 0 bridgehead atoms. The summed E-state index contributed by atoms with van der Waals surface area (Å²) in [7, 11) is 0. The third-order valence-electron chi connectivity index (χ3n) is 3.70. The molecule has 0 spiro atoms. The minimum atomic E-state index is -0.684. The van der Waals surface area contributed by atoms with Gasteiger partial charge in [0.05, 0.1) is 11.7 Å². The standard InChI is InChI=1S/C15H23N5O2/c1-9-8-17-12(13(18-9)20-14(21)10(2)16)15(22)19-11-6-4-3-5-7-11/h8,10-11H,3-7,16H2,1-2H3,(H,19,22)(H,18,20,21). The Hall–Kier alpha value is -2.02. The van der Waals surface area contributed by atoms with Crippen molar-refractivity contribution in [2.24, 2.45) is 5.73 Å². The van der Waals surface area contributed by atoms with E-state index in [-0.39, 0.29) is 23.5 Å². The quantitative estimate of drug-likeness (QED) is 0.772. The molecule has 2 rings (SSSR count). The van der Waals surface area contributed by atoms with Gasteiger partial charge in [0.25, 0.3) is 5.91 Å². The number of carbonyl (C=O) groups excluding carboxylic acids is 2. The van der Waals surface area contributed by atoms with Gasteiger partial charge in [0.15, 0.2) is 11.5 Å². The molecule has 1 aliphatic carbocycles. The van der Waals surface area contributed by atoms with Crippen LogP contribution in [0.15, 0.2) is 6.20 Å². The maximum Gasteiger partial charge on any atom is 0.273 e. The number of aryl methyl sites for hydroxylation is 1. The monoisotopic (exact) mass is 305 g/mol.